The minimum atomic E-state index is -4.43. The standard InChI is InChI=1S/C11H11ClF2O5S/c1-18-5-2-6-19-11(15)9-7(13)3-4-8(10(9)14)20(12,16)17/h3-4H,2,5-6H2,1H3. The highest BCUT2D eigenvalue weighted by Crippen LogP contribution is 2.24. The molecule has 1 rings (SSSR count). The number of carbonyl (C=O) groups excluding carboxylic acids is 1. The molecule has 9 heteroatoms. The zero-order valence-corrected chi connectivity index (χ0v) is 11.9. The van der Waals surface area contributed by atoms with E-state index in [0.717, 1.165) is 0 Å². The van der Waals surface area contributed by atoms with Gasteiger partial charge in [0, 0.05) is 30.8 Å². The van der Waals surface area contributed by atoms with Gasteiger partial charge >= 0.3 is 5.97 Å². The molecule has 0 atom stereocenters. The van der Waals surface area contributed by atoms with Crippen LogP contribution in [0.2, 0.25) is 0 Å². The van der Waals surface area contributed by atoms with Gasteiger partial charge in [0.25, 0.3) is 9.05 Å². The highest BCUT2D eigenvalue weighted by Gasteiger charge is 2.26. The minimum absolute atomic E-state index is 0.122. The highest BCUT2D eigenvalue weighted by atomic mass is 35.7. The summed E-state index contributed by atoms with van der Waals surface area (Å²) in [5, 5.41) is 0. The van der Waals surface area contributed by atoms with E-state index in [2.05, 4.69) is 4.74 Å². The first kappa shape index (κ1) is 16.8. The number of hydrogen-bond donors (Lipinski definition) is 0. The largest absolute Gasteiger partial charge is 0.462 e. The summed E-state index contributed by atoms with van der Waals surface area (Å²) in [6.45, 7) is 0.178. The van der Waals surface area contributed by atoms with Gasteiger partial charge in [0.2, 0.25) is 0 Å². The van der Waals surface area contributed by atoms with Gasteiger partial charge in [-0.05, 0) is 12.1 Å². The van der Waals surface area contributed by atoms with Gasteiger partial charge in [-0.1, -0.05) is 0 Å². The summed E-state index contributed by atoms with van der Waals surface area (Å²) < 4.78 is 58.7. The first-order valence-corrected chi connectivity index (χ1v) is 7.68. The molecule has 0 fully saturated rings. The Morgan fingerprint density at radius 1 is 1.30 bits per heavy atom. The highest BCUT2D eigenvalue weighted by molar-refractivity contribution is 8.13. The lowest BCUT2D eigenvalue weighted by molar-refractivity contribution is 0.0457. The average molecular weight is 329 g/mol. The molecule has 0 spiro atoms. The molecule has 0 radical (unpaired) electrons. The van der Waals surface area contributed by atoms with Crippen molar-refractivity contribution in [3.63, 3.8) is 0 Å². The SMILES string of the molecule is COCCCOC(=O)c1c(F)ccc(S(=O)(=O)Cl)c1F. The Labute approximate surface area is 118 Å². The lowest BCUT2D eigenvalue weighted by Gasteiger charge is -2.08. The maximum absolute atomic E-state index is 13.8. The number of halogens is 3. The average Bonchev–Trinajstić information content (AvgIpc) is 2.33. The fraction of sp³-hybridized carbons (Fsp3) is 0.364. The van der Waals surface area contributed by atoms with Crippen LogP contribution in [0.1, 0.15) is 16.8 Å². The lowest BCUT2D eigenvalue weighted by atomic mass is 10.2. The van der Waals surface area contributed by atoms with Crippen molar-refractivity contribution in [3.05, 3.63) is 29.3 Å². The van der Waals surface area contributed by atoms with Crippen molar-refractivity contribution in [2.75, 3.05) is 20.3 Å². The predicted octanol–water partition coefficient (Wildman–Crippen LogP) is 2.09. The van der Waals surface area contributed by atoms with Gasteiger partial charge in [0.1, 0.15) is 16.3 Å². The second kappa shape index (κ2) is 6.96. The summed E-state index contributed by atoms with van der Waals surface area (Å²) in [6, 6.07) is 1.26. The first-order valence-electron chi connectivity index (χ1n) is 5.37. The Morgan fingerprint density at radius 3 is 2.50 bits per heavy atom. The van der Waals surface area contributed by atoms with E-state index in [1.54, 1.807) is 0 Å². The Morgan fingerprint density at radius 2 is 1.95 bits per heavy atom. The molecule has 0 aliphatic rings. The molecule has 0 bridgehead atoms. The van der Waals surface area contributed by atoms with Crippen LogP contribution in [0.5, 0.6) is 0 Å². The molecule has 0 amide bonds. The van der Waals surface area contributed by atoms with E-state index in [0.29, 0.717) is 25.2 Å². The van der Waals surface area contributed by atoms with Crippen LogP contribution in [0.25, 0.3) is 0 Å². The van der Waals surface area contributed by atoms with Gasteiger partial charge in [0.05, 0.1) is 6.61 Å². The van der Waals surface area contributed by atoms with Crippen LogP contribution in [0.15, 0.2) is 17.0 Å². The lowest BCUT2D eigenvalue weighted by Crippen LogP contribution is -2.14. The summed E-state index contributed by atoms with van der Waals surface area (Å²) in [7, 11) is 1.99. The van der Waals surface area contributed by atoms with E-state index in [4.69, 9.17) is 15.4 Å². The molecular formula is C11H11ClF2O5S. The maximum Gasteiger partial charge on any atom is 0.344 e. The molecular weight excluding hydrogens is 318 g/mol. The molecule has 112 valence electrons. The van der Waals surface area contributed by atoms with Gasteiger partial charge in [-0.2, -0.15) is 0 Å². The Hall–Kier alpha value is -1.25. The van der Waals surface area contributed by atoms with Crippen LogP contribution >= 0.6 is 10.7 Å². The van der Waals surface area contributed by atoms with E-state index < -0.39 is 37.1 Å². The van der Waals surface area contributed by atoms with Crippen LogP contribution in [-0.2, 0) is 18.5 Å². The molecule has 0 heterocycles. The number of rotatable bonds is 6. The second-order valence-corrected chi connectivity index (χ2v) is 6.19. The van der Waals surface area contributed by atoms with Gasteiger partial charge in [-0.25, -0.2) is 22.0 Å². The fourth-order valence-corrected chi connectivity index (χ4v) is 2.25. The van der Waals surface area contributed by atoms with Crippen molar-refractivity contribution in [2.45, 2.75) is 11.3 Å². The van der Waals surface area contributed by atoms with E-state index in [1.807, 2.05) is 0 Å². The molecule has 1 aromatic rings. The zero-order chi connectivity index (χ0) is 15.3. The molecule has 0 aromatic heterocycles. The number of carbonyl (C=O) groups is 1. The molecule has 0 N–H and O–H groups in total. The van der Waals surface area contributed by atoms with Crippen molar-refractivity contribution in [1.82, 2.24) is 0 Å². The third-order valence-electron chi connectivity index (χ3n) is 2.25. The van der Waals surface area contributed by atoms with E-state index in [1.165, 1.54) is 7.11 Å². The van der Waals surface area contributed by atoms with E-state index >= 15 is 0 Å². The van der Waals surface area contributed by atoms with Crippen LogP contribution < -0.4 is 0 Å². The topological polar surface area (TPSA) is 69.7 Å². The van der Waals surface area contributed by atoms with Crippen LogP contribution in [0, 0.1) is 11.6 Å². The maximum atomic E-state index is 13.8. The molecule has 5 nitrogen and oxygen atoms in total. The molecule has 0 aliphatic heterocycles. The monoisotopic (exact) mass is 328 g/mol. The van der Waals surface area contributed by atoms with Crippen LogP contribution in [0.4, 0.5) is 8.78 Å². The number of methoxy groups -OCH3 is 1. The van der Waals surface area contributed by atoms with Gasteiger partial charge < -0.3 is 9.47 Å². The molecule has 1 aromatic carbocycles. The molecule has 20 heavy (non-hydrogen) atoms. The van der Waals surface area contributed by atoms with Crippen LogP contribution in [0.3, 0.4) is 0 Å². The summed E-state index contributed by atoms with van der Waals surface area (Å²) in [4.78, 5) is 10.6. The number of ether oxygens (including phenoxy) is 2. The Bertz CT molecular complexity index is 603. The molecule has 0 unspecified atom stereocenters. The zero-order valence-electron chi connectivity index (χ0n) is 10.4. The Kier molecular flexibility index (Phi) is 5.85. The number of benzene rings is 1. The quantitative estimate of drug-likeness (QED) is 0.454. The fourth-order valence-electron chi connectivity index (χ4n) is 1.35. The number of esters is 1. The summed E-state index contributed by atoms with van der Waals surface area (Å²) in [5.74, 6) is -4.11. The third-order valence-corrected chi connectivity index (χ3v) is 3.59. The Balaban J connectivity index is 3.03. The summed E-state index contributed by atoms with van der Waals surface area (Å²) in [5.41, 5.74) is -1.09. The van der Waals surface area contributed by atoms with Crippen molar-refractivity contribution in [3.8, 4) is 0 Å². The van der Waals surface area contributed by atoms with Crippen molar-refractivity contribution in [1.29, 1.82) is 0 Å². The van der Waals surface area contributed by atoms with Crippen molar-refractivity contribution < 1.29 is 31.5 Å². The summed E-state index contributed by atoms with van der Waals surface area (Å²) in [6.07, 6.45) is 0.332. The molecule has 0 aliphatic carbocycles. The second-order valence-electron chi connectivity index (χ2n) is 3.65. The summed E-state index contributed by atoms with van der Waals surface area (Å²) >= 11 is 0. The normalized spacial score (nSPS) is 11.4. The van der Waals surface area contributed by atoms with Crippen LogP contribution in [-0.4, -0.2) is 34.7 Å². The molecule has 0 saturated carbocycles. The smallest absolute Gasteiger partial charge is 0.344 e. The first-order chi connectivity index (χ1) is 9.29. The number of hydrogen-bond acceptors (Lipinski definition) is 5. The van der Waals surface area contributed by atoms with Gasteiger partial charge in [0.15, 0.2) is 5.82 Å². The van der Waals surface area contributed by atoms with E-state index in [9.17, 15) is 22.0 Å². The predicted molar refractivity (Wildman–Crippen MR) is 66.2 cm³/mol. The van der Waals surface area contributed by atoms with Gasteiger partial charge in [-0.15, -0.1) is 0 Å². The third kappa shape index (κ3) is 4.12. The van der Waals surface area contributed by atoms with E-state index in [-0.39, 0.29) is 6.61 Å². The van der Waals surface area contributed by atoms with Crippen molar-refractivity contribution in [2.24, 2.45) is 0 Å². The van der Waals surface area contributed by atoms with Crippen molar-refractivity contribution >= 4 is 25.7 Å². The van der Waals surface area contributed by atoms with Gasteiger partial charge in [-0.3, -0.25) is 0 Å². The molecule has 0 saturated heterocycles. The minimum Gasteiger partial charge on any atom is -0.462 e.